The van der Waals surface area contributed by atoms with Crippen LogP contribution in [0, 0.1) is 17.3 Å². The molecule has 3 aliphatic rings. The lowest BCUT2D eigenvalue weighted by Gasteiger charge is -2.62. The van der Waals surface area contributed by atoms with E-state index in [-0.39, 0.29) is 0 Å². The maximum absolute atomic E-state index is 2.51. The summed E-state index contributed by atoms with van der Waals surface area (Å²) in [5.74, 6) is 2.70. The fourth-order valence-electron chi connectivity index (χ4n) is 4.37. The standard InChI is InChI=1S/C15H16/c1-2-5-11(6-3-1)14-12-7-4-9-15(12)10-8-13(14)15/h1-3,5-6,8,10,12-14H,4,7,9H2/t12-,13-,14+,15?/m0/s1. The maximum atomic E-state index is 2.51. The lowest BCUT2D eigenvalue weighted by atomic mass is 9.41. The van der Waals surface area contributed by atoms with Crippen molar-refractivity contribution in [3.8, 4) is 0 Å². The van der Waals surface area contributed by atoms with Gasteiger partial charge in [0.05, 0.1) is 0 Å². The van der Waals surface area contributed by atoms with Crippen molar-refractivity contribution in [2.75, 3.05) is 0 Å². The minimum Gasteiger partial charge on any atom is -0.0833 e. The molecule has 0 aromatic heterocycles. The zero-order valence-electron chi connectivity index (χ0n) is 8.89. The number of hydrogen-bond donors (Lipinski definition) is 0. The van der Waals surface area contributed by atoms with E-state index in [1.807, 2.05) is 0 Å². The van der Waals surface area contributed by atoms with E-state index >= 15 is 0 Å². The summed E-state index contributed by atoms with van der Waals surface area (Å²) in [6.07, 6.45) is 9.34. The Morgan fingerprint density at radius 2 is 2.00 bits per heavy atom. The Labute approximate surface area is 91.0 Å². The fraction of sp³-hybridized carbons (Fsp3) is 0.467. The van der Waals surface area contributed by atoms with E-state index in [4.69, 9.17) is 0 Å². The third-order valence-corrected chi connectivity index (χ3v) is 5.05. The van der Waals surface area contributed by atoms with E-state index in [2.05, 4.69) is 42.5 Å². The van der Waals surface area contributed by atoms with Crippen LogP contribution >= 0.6 is 0 Å². The van der Waals surface area contributed by atoms with E-state index in [1.165, 1.54) is 19.3 Å². The van der Waals surface area contributed by atoms with Gasteiger partial charge < -0.3 is 0 Å². The molecule has 3 aliphatic carbocycles. The Hall–Kier alpha value is -1.04. The van der Waals surface area contributed by atoms with E-state index < -0.39 is 0 Å². The lowest BCUT2D eigenvalue weighted by Crippen LogP contribution is -2.54. The number of benzene rings is 1. The summed E-state index contributed by atoms with van der Waals surface area (Å²) in [4.78, 5) is 0. The highest BCUT2D eigenvalue weighted by Crippen LogP contribution is 2.73. The molecule has 2 saturated carbocycles. The van der Waals surface area contributed by atoms with Gasteiger partial charge in [0.1, 0.15) is 0 Å². The summed E-state index contributed by atoms with van der Waals surface area (Å²) in [5.41, 5.74) is 2.25. The molecule has 0 saturated heterocycles. The predicted molar refractivity (Wildman–Crippen MR) is 61.6 cm³/mol. The van der Waals surface area contributed by atoms with E-state index in [0.29, 0.717) is 5.41 Å². The van der Waals surface area contributed by atoms with Crippen molar-refractivity contribution in [2.24, 2.45) is 17.3 Å². The van der Waals surface area contributed by atoms with Crippen LogP contribution < -0.4 is 0 Å². The summed E-state index contributed by atoms with van der Waals surface area (Å²) in [7, 11) is 0. The largest absolute Gasteiger partial charge is 0.0833 e. The molecular formula is C15H16. The van der Waals surface area contributed by atoms with Gasteiger partial charge in [0, 0.05) is 0 Å². The first-order valence-electron chi connectivity index (χ1n) is 6.16. The van der Waals surface area contributed by atoms with Crippen LogP contribution in [0.25, 0.3) is 0 Å². The van der Waals surface area contributed by atoms with Crippen LogP contribution in [-0.2, 0) is 0 Å². The van der Waals surface area contributed by atoms with E-state index in [1.54, 1.807) is 5.56 Å². The van der Waals surface area contributed by atoms with Crippen molar-refractivity contribution in [3.05, 3.63) is 48.0 Å². The molecule has 15 heavy (non-hydrogen) atoms. The van der Waals surface area contributed by atoms with Crippen molar-refractivity contribution < 1.29 is 0 Å². The molecule has 0 heterocycles. The molecule has 0 heteroatoms. The van der Waals surface area contributed by atoms with Crippen LogP contribution in [0.4, 0.5) is 0 Å². The van der Waals surface area contributed by atoms with Gasteiger partial charge in [-0.3, -0.25) is 0 Å². The van der Waals surface area contributed by atoms with E-state index in [9.17, 15) is 0 Å². The maximum Gasteiger partial charge on any atom is -0.00152 e. The predicted octanol–water partition coefficient (Wildman–Crippen LogP) is 3.76. The molecule has 76 valence electrons. The molecule has 4 rings (SSSR count). The Kier molecular flexibility index (Phi) is 1.39. The van der Waals surface area contributed by atoms with Crippen molar-refractivity contribution in [1.29, 1.82) is 0 Å². The summed E-state index contributed by atoms with van der Waals surface area (Å²) < 4.78 is 0. The minimum atomic E-state index is 0.667. The normalized spacial score (nSPS) is 45.2. The first kappa shape index (κ1) is 8.15. The monoisotopic (exact) mass is 196 g/mol. The van der Waals surface area contributed by atoms with Crippen molar-refractivity contribution in [2.45, 2.75) is 25.2 Å². The molecule has 1 aromatic rings. The molecule has 2 fully saturated rings. The molecule has 1 aromatic carbocycles. The summed E-state index contributed by atoms with van der Waals surface area (Å²) in [6.45, 7) is 0. The highest BCUT2D eigenvalue weighted by molar-refractivity contribution is 5.40. The van der Waals surface area contributed by atoms with Crippen LogP contribution in [0.15, 0.2) is 42.5 Å². The molecule has 0 N–H and O–H groups in total. The second kappa shape index (κ2) is 2.55. The van der Waals surface area contributed by atoms with Crippen LogP contribution in [-0.4, -0.2) is 0 Å². The third-order valence-electron chi connectivity index (χ3n) is 5.05. The minimum absolute atomic E-state index is 0.667. The number of hydrogen-bond acceptors (Lipinski definition) is 0. The molecular weight excluding hydrogens is 180 g/mol. The van der Waals surface area contributed by atoms with Gasteiger partial charge >= 0.3 is 0 Å². The number of allylic oxidation sites excluding steroid dienone is 2. The quantitative estimate of drug-likeness (QED) is 0.600. The Bertz CT molecular complexity index is 417. The molecule has 4 atom stereocenters. The first-order valence-corrected chi connectivity index (χ1v) is 6.16. The highest BCUT2D eigenvalue weighted by atomic mass is 14.7. The van der Waals surface area contributed by atoms with Crippen LogP contribution in [0.2, 0.25) is 0 Å². The van der Waals surface area contributed by atoms with Crippen molar-refractivity contribution in [3.63, 3.8) is 0 Å². The van der Waals surface area contributed by atoms with Gasteiger partial charge in [-0.15, -0.1) is 0 Å². The fourth-order valence-corrected chi connectivity index (χ4v) is 4.37. The smallest absolute Gasteiger partial charge is 0.00152 e. The number of rotatable bonds is 1. The lowest BCUT2D eigenvalue weighted by molar-refractivity contribution is -0.00806. The second-order valence-electron chi connectivity index (χ2n) is 5.43. The van der Waals surface area contributed by atoms with Gasteiger partial charge in [-0.05, 0) is 41.6 Å². The molecule has 0 nitrogen and oxygen atoms in total. The van der Waals surface area contributed by atoms with Gasteiger partial charge in [-0.1, -0.05) is 48.9 Å². The SMILES string of the molecule is C1=CC23CCC[C@H]2[C@@H](c2ccccc2)[C@H]13. The molecule has 0 radical (unpaired) electrons. The Morgan fingerprint density at radius 3 is 2.73 bits per heavy atom. The van der Waals surface area contributed by atoms with Crippen molar-refractivity contribution in [1.82, 2.24) is 0 Å². The van der Waals surface area contributed by atoms with Gasteiger partial charge in [0.25, 0.3) is 0 Å². The van der Waals surface area contributed by atoms with Gasteiger partial charge in [-0.25, -0.2) is 0 Å². The zero-order valence-corrected chi connectivity index (χ0v) is 8.89. The van der Waals surface area contributed by atoms with Gasteiger partial charge in [-0.2, -0.15) is 0 Å². The molecule has 0 aliphatic heterocycles. The zero-order chi connectivity index (χ0) is 9.88. The summed E-state index contributed by atoms with van der Waals surface area (Å²) >= 11 is 0. The van der Waals surface area contributed by atoms with Gasteiger partial charge in [0.2, 0.25) is 0 Å². The molecule has 0 bridgehead atoms. The summed E-state index contributed by atoms with van der Waals surface area (Å²) in [6, 6.07) is 11.1. The first-order chi connectivity index (χ1) is 7.42. The Morgan fingerprint density at radius 1 is 1.13 bits per heavy atom. The second-order valence-corrected chi connectivity index (χ2v) is 5.43. The molecule has 1 spiro atoms. The average Bonchev–Trinajstić information content (AvgIpc) is 2.69. The van der Waals surface area contributed by atoms with Crippen LogP contribution in [0.1, 0.15) is 30.7 Å². The third kappa shape index (κ3) is 0.806. The summed E-state index contributed by atoms with van der Waals surface area (Å²) in [5, 5.41) is 0. The van der Waals surface area contributed by atoms with Crippen LogP contribution in [0.5, 0.6) is 0 Å². The average molecular weight is 196 g/mol. The van der Waals surface area contributed by atoms with Gasteiger partial charge in [0.15, 0.2) is 0 Å². The van der Waals surface area contributed by atoms with Crippen LogP contribution in [0.3, 0.4) is 0 Å². The highest BCUT2D eigenvalue weighted by Gasteiger charge is 2.64. The molecule has 0 amide bonds. The Balaban J connectivity index is 1.74. The van der Waals surface area contributed by atoms with Crippen molar-refractivity contribution >= 4 is 0 Å². The van der Waals surface area contributed by atoms with E-state index in [0.717, 1.165) is 17.8 Å². The molecule has 1 unspecified atom stereocenters. The topological polar surface area (TPSA) is 0 Å².